The van der Waals surface area contributed by atoms with Crippen LogP contribution < -0.4 is 9.62 Å². The zero-order valence-corrected chi connectivity index (χ0v) is 19.9. The number of nitrogens with zero attached hydrogens (tertiary/aromatic N) is 1. The van der Waals surface area contributed by atoms with Gasteiger partial charge in [-0.05, 0) is 49.4 Å². The second-order valence-electron chi connectivity index (χ2n) is 6.57. The van der Waals surface area contributed by atoms with E-state index in [9.17, 15) is 13.2 Å². The minimum atomic E-state index is -4.13. The van der Waals surface area contributed by atoms with Crippen LogP contribution in [-0.4, -0.2) is 20.9 Å². The maximum absolute atomic E-state index is 13.4. The summed E-state index contributed by atoms with van der Waals surface area (Å²) < 4.78 is 27.7. The molecule has 3 aromatic rings. The molecule has 0 unspecified atom stereocenters. The molecule has 0 saturated heterocycles. The quantitative estimate of drug-likeness (QED) is 0.409. The minimum Gasteiger partial charge on any atom is -0.324 e. The van der Waals surface area contributed by atoms with Crippen LogP contribution in [-0.2, 0) is 14.8 Å². The Kier molecular flexibility index (Phi) is 7.39. The van der Waals surface area contributed by atoms with E-state index in [0.29, 0.717) is 10.7 Å². The largest absolute Gasteiger partial charge is 0.324 e. The smallest absolute Gasteiger partial charge is 0.264 e. The molecule has 0 atom stereocenters. The summed E-state index contributed by atoms with van der Waals surface area (Å²) in [5, 5.41) is 3.37. The van der Waals surface area contributed by atoms with Crippen molar-refractivity contribution in [1.29, 1.82) is 0 Å². The fourth-order valence-electron chi connectivity index (χ4n) is 2.73. The summed E-state index contributed by atoms with van der Waals surface area (Å²) in [7, 11) is -4.13. The molecule has 162 valence electrons. The van der Waals surface area contributed by atoms with Crippen LogP contribution in [0.5, 0.6) is 0 Å². The highest BCUT2D eigenvalue weighted by molar-refractivity contribution is 7.92. The van der Waals surface area contributed by atoms with Crippen molar-refractivity contribution in [3.05, 3.63) is 86.3 Å². The highest BCUT2D eigenvalue weighted by Gasteiger charge is 2.29. The molecule has 3 rings (SSSR count). The Morgan fingerprint density at radius 2 is 1.58 bits per heavy atom. The second-order valence-corrected chi connectivity index (χ2v) is 10.0. The standard InChI is InChI=1S/C21H16Cl4N2O3S/c1-13-5-8-15(9-6-13)31(29,30)27(19-4-2-3-17(23)21(19)25)12-20(28)26-14-7-10-16(22)18(24)11-14/h2-11H,12H2,1H3,(H,26,28). The number of carbonyl (C=O) groups is 1. The van der Waals surface area contributed by atoms with Gasteiger partial charge in [-0.25, -0.2) is 8.42 Å². The van der Waals surface area contributed by atoms with Crippen molar-refractivity contribution in [2.45, 2.75) is 11.8 Å². The van der Waals surface area contributed by atoms with Crippen molar-refractivity contribution in [2.75, 3.05) is 16.2 Å². The maximum Gasteiger partial charge on any atom is 0.264 e. The van der Waals surface area contributed by atoms with Crippen LogP contribution in [0.2, 0.25) is 20.1 Å². The van der Waals surface area contributed by atoms with Gasteiger partial charge in [0, 0.05) is 5.69 Å². The zero-order chi connectivity index (χ0) is 22.8. The first-order valence-electron chi connectivity index (χ1n) is 8.88. The first-order valence-corrected chi connectivity index (χ1v) is 11.8. The molecule has 0 aliphatic rings. The molecule has 0 aliphatic heterocycles. The molecule has 0 heterocycles. The summed E-state index contributed by atoms with van der Waals surface area (Å²) in [6.45, 7) is 1.29. The molecule has 0 aromatic heterocycles. The van der Waals surface area contributed by atoms with Gasteiger partial charge in [-0.1, -0.05) is 70.2 Å². The number of carbonyl (C=O) groups excluding carboxylic acids is 1. The molecule has 0 saturated carbocycles. The predicted octanol–water partition coefficient (Wildman–Crippen LogP) is 6.44. The summed E-state index contributed by atoms with van der Waals surface area (Å²) in [6, 6.07) is 15.4. The normalized spacial score (nSPS) is 11.3. The Morgan fingerprint density at radius 3 is 2.23 bits per heavy atom. The number of nitrogens with one attached hydrogen (secondary N) is 1. The van der Waals surface area contributed by atoms with E-state index in [2.05, 4.69) is 5.32 Å². The van der Waals surface area contributed by atoms with Crippen molar-refractivity contribution in [2.24, 2.45) is 0 Å². The fourth-order valence-corrected chi connectivity index (χ4v) is 4.91. The highest BCUT2D eigenvalue weighted by Crippen LogP contribution is 2.35. The molecule has 5 nitrogen and oxygen atoms in total. The van der Waals surface area contributed by atoms with E-state index in [-0.39, 0.29) is 25.7 Å². The average molecular weight is 518 g/mol. The van der Waals surface area contributed by atoms with Gasteiger partial charge in [0.15, 0.2) is 0 Å². The predicted molar refractivity (Wildman–Crippen MR) is 127 cm³/mol. The second kappa shape index (κ2) is 9.67. The van der Waals surface area contributed by atoms with E-state index in [1.165, 1.54) is 36.4 Å². The maximum atomic E-state index is 13.4. The minimum absolute atomic E-state index is 0.0106. The molecule has 0 bridgehead atoms. The van der Waals surface area contributed by atoms with Crippen LogP contribution in [0.15, 0.2) is 65.6 Å². The molecular weight excluding hydrogens is 502 g/mol. The van der Waals surface area contributed by atoms with Gasteiger partial charge in [0.2, 0.25) is 5.91 Å². The number of sulfonamides is 1. The van der Waals surface area contributed by atoms with Crippen molar-refractivity contribution in [1.82, 2.24) is 0 Å². The average Bonchev–Trinajstić information content (AvgIpc) is 2.71. The van der Waals surface area contributed by atoms with E-state index in [1.54, 1.807) is 24.3 Å². The summed E-state index contributed by atoms with van der Waals surface area (Å²) in [4.78, 5) is 12.8. The number of benzene rings is 3. The van der Waals surface area contributed by atoms with Gasteiger partial charge in [0.05, 0.1) is 30.7 Å². The molecule has 1 amide bonds. The van der Waals surface area contributed by atoms with Crippen molar-refractivity contribution < 1.29 is 13.2 Å². The number of aryl methyl sites for hydroxylation is 1. The van der Waals surface area contributed by atoms with Gasteiger partial charge in [-0.15, -0.1) is 0 Å². The number of rotatable bonds is 6. The first-order chi connectivity index (χ1) is 14.6. The number of hydrogen-bond acceptors (Lipinski definition) is 3. The lowest BCUT2D eigenvalue weighted by atomic mass is 10.2. The van der Waals surface area contributed by atoms with Crippen LogP contribution in [0, 0.1) is 6.92 Å². The number of anilines is 2. The van der Waals surface area contributed by atoms with Crippen LogP contribution >= 0.6 is 46.4 Å². The third-order valence-corrected chi connectivity index (χ3v) is 7.62. The summed E-state index contributed by atoms with van der Waals surface area (Å²) in [5.74, 6) is -0.606. The Bertz CT molecular complexity index is 1230. The Labute approximate surface area is 200 Å². The third-order valence-electron chi connectivity index (χ3n) is 4.30. The van der Waals surface area contributed by atoms with Gasteiger partial charge in [0.1, 0.15) is 6.54 Å². The van der Waals surface area contributed by atoms with Gasteiger partial charge in [-0.3, -0.25) is 9.10 Å². The number of amides is 1. The van der Waals surface area contributed by atoms with Gasteiger partial charge < -0.3 is 5.32 Å². The van der Waals surface area contributed by atoms with Gasteiger partial charge >= 0.3 is 0 Å². The Balaban J connectivity index is 1.99. The summed E-state index contributed by atoms with van der Waals surface area (Å²) in [6.07, 6.45) is 0. The SMILES string of the molecule is Cc1ccc(S(=O)(=O)N(CC(=O)Nc2ccc(Cl)c(Cl)c2)c2cccc(Cl)c2Cl)cc1. The van der Waals surface area contributed by atoms with Crippen molar-refractivity contribution in [3.63, 3.8) is 0 Å². The monoisotopic (exact) mass is 516 g/mol. The topological polar surface area (TPSA) is 66.5 Å². The molecule has 1 N–H and O–H groups in total. The molecule has 0 spiro atoms. The summed E-state index contributed by atoms with van der Waals surface area (Å²) >= 11 is 24.3. The third kappa shape index (κ3) is 5.45. The molecule has 0 aliphatic carbocycles. The first kappa shape index (κ1) is 23.7. The Morgan fingerprint density at radius 1 is 0.903 bits per heavy atom. The lowest BCUT2D eigenvalue weighted by molar-refractivity contribution is -0.114. The molecule has 0 fully saturated rings. The molecule has 0 radical (unpaired) electrons. The highest BCUT2D eigenvalue weighted by atomic mass is 35.5. The molecule has 10 heteroatoms. The van der Waals surface area contributed by atoms with E-state index >= 15 is 0 Å². The van der Waals surface area contributed by atoms with E-state index in [4.69, 9.17) is 46.4 Å². The lowest BCUT2D eigenvalue weighted by Gasteiger charge is -2.25. The lowest BCUT2D eigenvalue weighted by Crippen LogP contribution is -2.38. The number of hydrogen-bond donors (Lipinski definition) is 1. The van der Waals surface area contributed by atoms with Crippen molar-refractivity contribution >= 4 is 73.7 Å². The molecule has 3 aromatic carbocycles. The van der Waals surface area contributed by atoms with Crippen LogP contribution in [0.3, 0.4) is 0 Å². The van der Waals surface area contributed by atoms with Gasteiger partial charge in [0.25, 0.3) is 10.0 Å². The van der Waals surface area contributed by atoms with Gasteiger partial charge in [-0.2, -0.15) is 0 Å². The van der Waals surface area contributed by atoms with Crippen LogP contribution in [0.1, 0.15) is 5.56 Å². The fraction of sp³-hybridized carbons (Fsp3) is 0.0952. The van der Waals surface area contributed by atoms with E-state index in [1.807, 2.05) is 6.92 Å². The Hall–Kier alpha value is -1.96. The van der Waals surface area contributed by atoms with Crippen LogP contribution in [0.25, 0.3) is 0 Å². The van der Waals surface area contributed by atoms with Crippen LogP contribution in [0.4, 0.5) is 11.4 Å². The van der Waals surface area contributed by atoms with E-state index < -0.39 is 22.5 Å². The number of halogens is 4. The van der Waals surface area contributed by atoms with E-state index in [0.717, 1.165) is 9.87 Å². The summed E-state index contributed by atoms with van der Waals surface area (Å²) in [5.41, 5.74) is 1.34. The molecular formula is C21H16Cl4N2O3S. The zero-order valence-electron chi connectivity index (χ0n) is 16.1. The molecule has 31 heavy (non-hydrogen) atoms. The van der Waals surface area contributed by atoms with Crippen molar-refractivity contribution in [3.8, 4) is 0 Å².